The molecule has 0 aromatic rings. The molecule has 0 aliphatic carbocycles. The number of rotatable bonds is 1. The smallest absolute Gasteiger partial charge is 0.137 e. The van der Waals surface area contributed by atoms with E-state index in [1.54, 1.807) is 11.8 Å². The standard InChI is InChI=1S/C4H7NOS/c6-1-4-2-7-3-5-4/h1,4-5H,2-3H2. The Balaban J connectivity index is 2.26. The monoisotopic (exact) mass is 117 g/mol. The number of carbonyl (C=O) groups excluding carboxylic acids is 1. The van der Waals surface area contributed by atoms with Crippen LogP contribution in [0.3, 0.4) is 0 Å². The van der Waals surface area contributed by atoms with Crippen molar-refractivity contribution < 1.29 is 4.79 Å². The SMILES string of the molecule is O=CC1CSCN1. The molecule has 0 amide bonds. The maximum absolute atomic E-state index is 9.93. The molecule has 1 unspecified atom stereocenters. The fourth-order valence-electron chi connectivity index (χ4n) is 0.498. The lowest BCUT2D eigenvalue weighted by Crippen LogP contribution is -2.24. The van der Waals surface area contributed by atoms with Gasteiger partial charge in [-0.1, -0.05) is 0 Å². The Morgan fingerprint density at radius 3 is 3.00 bits per heavy atom. The number of carbonyl (C=O) groups is 1. The second-order valence-corrected chi connectivity index (χ2v) is 2.49. The van der Waals surface area contributed by atoms with Crippen molar-refractivity contribution in [3.8, 4) is 0 Å². The number of thioether (sulfide) groups is 1. The highest BCUT2D eigenvalue weighted by molar-refractivity contribution is 7.99. The van der Waals surface area contributed by atoms with Gasteiger partial charge in [-0.25, -0.2) is 0 Å². The first-order valence-corrected chi connectivity index (χ1v) is 3.35. The van der Waals surface area contributed by atoms with Crippen LogP contribution in [0, 0.1) is 0 Å². The van der Waals surface area contributed by atoms with Crippen molar-refractivity contribution in [2.75, 3.05) is 11.6 Å². The molecule has 1 fully saturated rings. The van der Waals surface area contributed by atoms with Crippen molar-refractivity contribution in [3.05, 3.63) is 0 Å². The second-order valence-electron chi connectivity index (χ2n) is 1.46. The molecule has 40 valence electrons. The average Bonchev–Trinajstić information content (AvgIpc) is 2.14. The molecule has 3 heteroatoms. The van der Waals surface area contributed by atoms with E-state index in [0.717, 1.165) is 17.9 Å². The third-order valence-electron chi connectivity index (χ3n) is 0.909. The number of aldehydes is 1. The summed E-state index contributed by atoms with van der Waals surface area (Å²) >= 11 is 1.76. The van der Waals surface area contributed by atoms with Gasteiger partial charge in [-0.15, -0.1) is 11.8 Å². The van der Waals surface area contributed by atoms with Gasteiger partial charge in [0.2, 0.25) is 0 Å². The number of nitrogens with one attached hydrogen (secondary N) is 1. The van der Waals surface area contributed by atoms with Gasteiger partial charge in [-0.05, 0) is 0 Å². The highest BCUT2D eigenvalue weighted by Crippen LogP contribution is 2.06. The topological polar surface area (TPSA) is 29.1 Å². The van der Waals surface area contributed by atoms with Gasteiger partial charge in [0.1, 0.15) is 6.29 Å². The van der Waals surface area contributed by atoms with Gasteiger partial charge >= 0.3 is 0 Å². The van der Waals surface area contributed by atoms with Gasteiger partial charge in [0, 0.05) is 11.6 Å². The second kappa shape index (κ2) is 2.33. The lowest BCUT2D eigenvalue weighted by atomic mass is 10.4. The quantitative estimate of drug-likeness (QED) is 0.484. The van der Waals surface area contributed by atoms with Crippen LogP contribution in [0.15, 0.2) is 0 Å². The first kappa shape index (κ1) is 5.12. The van der Waals surface area contributed by atoms with E-state index >= 15 is 0 Å². The molecule has 1 heterocycles. The summed E-state index contributed by atoms with van der Waals surface area (Å²) in [5.41, 5.74) is 0. The zero-order valence-electron chi connectivity index (χ0n) is 3.89. The Morgan fingerprint density at radius 1 is 1.86 bits per heavy atom. The van der Waals surface area contributed by atoms with E-state index in [0.29, 0.717) is 0 Å². The maximum Gasteiger partial charge on any atom is 0.137 e. The summed E-state index contributed by atoms with van der Waals surface area (Å²) in [6.45, 7) is 0. The Bertz CT molecular complexity index is 70.1. The van der Waals surface area contributed by atoms with Crippen LogP contribution in [-0.4, -0.2) is 24.0 Å². The van der Waals surface area contributed by atoms with E-state index in [2.05, 4.69) is 5.32 Å². The first-order valence-electron chi connectivity index (χ1n) is 2.20. The molecule has 0 radical (unpaired) electrons. The molecular weight excluding hydrogens is 110 g/mol. The van der Waals surface area contributed by atoms with Crippen LogP contribution in [0.4, 0.5) is 0 Å². The van der Waals surface area contributed by atoms with Crippen molar-refractivity contribution in [2.24, 2.45) is 0 Å². The van der Waals surface area contributed by atoms with Crippen molar-refractivity contribution in [1.82, 2.24) is 5.32 Å². The normalized spacial score (nSPS) is 30.6. The zero-order chi connectivity index (χ0) is 5.11. The van der Waals surface area contributed by atoms with E-state index in [1.165, 1.54) is 0 Å². The fraction of sp³-hybridized carbons (Fsp3) is 0.750. The zero-order valence-corrected chi connectivity index (χ0v) is 4.70. The summed E-state index contributed by atoms with van der Waals surface area (Å²) in [6, 6.07) is 0.130. The number of hydrogen-bond donors (Lipinski definition) is 1. The van der Waals surface area contributed by atoms with Crippen molar-refractivity contribution in [3.63, 3.8) is 0 Å². The van der Waals surface area contributed by atoms with E-state index in [1.807, 2.05) is 0 Å². The lowest BCUT2D eigenvalue weighted by Gasteiger charge is -1.92. The minimum Gasteiger partial charge on any atom is -0.302 e. The highest BCUT2D eigenvalue weighted by atomic mass is 32.2. The molecule has 0 bridgehead atoms. The molecule has 0 aromatic heterocycles. The minimum absolute atomic E-state index is 0.130. The molecule has 1 saturated heterocycles. The fourth-order valence-corrected chi connectivity index (χ4v) is 1.40. The van der Waals surface area contributed by atoms with Gasteiger partial charge in [0.25, 0.3) is 0 Å². The van der Waals surface area contributed by atoms with Gasteiger partial charge in [-0.2, -0.15) is 0 Å². The third kappa shape index (κ3) is 1.17. The van der Waals surface area contributed by atoms with Crippen LogP contribution < -0.4 is 5.32 Å². The van der Waals surface area contributed by atoms with E-state index in [9.17, 15) is 4.79 Å². The molecule has 2 nitrogen and oxygen atoms in total. The summed E-state index contributed by atoms with van der Waals surface area (Å²) < 4.78 is 0. The number of hydrogen-bond acceptors (Lipinski definition) is 3. The predicted octanol–water partition coefficient (Wildman–Crippen LogP) is -0.152. The maximum atomic E-state index is 9.93. The molecule has 0 saturated carbocycles. The average molecular weight is 117 g/mol. The van der Waals surface area contributed by atoms with E-state index in [-0.39, 0.29) is 6.04 Å². The van der Waals surface area contributed by atoms with Crippen LogP contribution in [-0.2, 0) is 4.79 Å². The van der Waals surface area contributed by atoms with E-state index in [4.69, 9.17) is 0 Å². The van der Waals surface area contributed by atoms with Gasteiger partial charge < -0.3 is 4.79 Å². The molecular formula is C4H7NOS. The van der Waals surface area contributed by atoms with Crippen molar-refractivity contribution in [1.29, 1.82) is 0 Å². The molecule has 1 atom stereocenters. The highest BCUT2D eigenvalue weighted by Gasteiger charge is 2.11. The van der Waals surface area contributed by atoms with Crippen molar-refractivity contribution in [2.45, 2.75) is 6.04 Å². The summed E-state index contributed by atoms with van der Waals surface area (Å²) in [5.74, 6) is 1.88. The van der Waals surface area contributed by atoms with E-state index < -0.39 is 0 Å². The first-order chi connectivity index (χ1) is 3.43. The Kier molecular flexibility index (Phi) is 1.70. The van der Waals surface area contributed by atoms with Gasteiger partial charge in [0.15, 0.2) is 0 Å². The van der Waals surface area contributed by atoms with Gasteiger partial charge in [0.05, 0.1) is 6.04 Å². The molecule has 1 N–H and O–H groups in total. The summed E-state index contributed by atoms with van der Waals surface area (Å²) in [5, 5.41) is 3.00. The molecule has 1 aliphatic rings. The Hall–Kier alpha value is -0.0200. The predicted molar refractivity (Wildman–Crippen MR) is 30.3 cm³/mol. The molecule has 1 rings (SSSR count). The summed E-state index contributed by atoms with van der Waals surface area (Å²) in [4.78, 5) is 9.93. The Morgan fingerprint density at radius 2 is 2.71 bits per heavy atom. The van der Waals surface area contributed by atoms with Crippen LogP contribution >= 0.6 is 11.8 Å². The molecule has 0 spiro atoms. The van der Waals surface area contributed by atoms with Crippen LogP contribution in [0.5, 0.6) is 0 Å². The molecule has 1 aliphatic heterocycles. The van der Waals surface area contributed by atoms with Crippen LogP contribution in [0.2, 0.25) is 0 Å². The van der Waals surface area contributed by atoms with Crippen LogP contribution in [0.25, 0.3) is 0 Å². The van der Waals surface area contributed by atoms with Crippen LogP contribution in [0.1, 0.15) is 0 Å². The Labute approximate surface area is 46.7 Å². The third-order valence-corrected chi connectivity index (χ3v) is 1.87. The summed E-state index contributed by atoms with van der Waals surface area (Å²) in [6.07, 6.45) is 0.958. The molecule has 0 aromatic carbocycles. The van der Waals surface area contributed by atoms with Gasteiger partial charge in [-0.3, -0.25) is 5.32 Å². The largest absolute Gasteiger partial charge is 0.302 e. The molecule has 7 heavy (non-hydrogen) atoms. The summed E-state index contributed by atoms with van der Waals surface area (Å²) in [7, 11) is 0. The minimum atomic E-state index is 0.130. The lowest BCUT2D eigenvalue weighted by molar-refractivity contribution is -0.108. The van der Waals surface area contributed by atoms with Crippen molar-refractivity contribution >= 4 is 18.0 Å².